The summed E-state index contributed by atoms with van der Waals surface area (Å²) in [7, 11) is 0. The first kappa shape index (κ1) is 29.8. The number of hydrogen-bond acceptors (Lipinski definition) is 6. The molecule has 0 aliphatic heterocycles. The summed E-state index contributed by atoms with van der Waals surface area (Å²) in [4.78, 5) is 18.6. The van der Waals surface area contributed by atoms with Crippen LogP contribution in [0, 0.1) is 13.8 Å². The molecule has 9 heteroatoms. The lowest BCUT2D eigenvalue weighted by atomic mass is 10.1. The van der Waals surface area contributed by atoms with Crippen LogP contribution >= 0.6 is 0 Å². The van der Waals surface area contributed by atoms with Crippen molar-refractivity contribution in [2.24, 2.45) is 0 Å². The van der Waals surface area contributed by atoms with E-state index in [-0.39, 0.29) is 11.6 Å². The van der Waals surface area contributed by atoms with Crippen molar-refractivity contribution in [2.75, 3.05) is 0 Å². The molecule has 6 aromatic heterocycles. The molecule has 0 atom stereocenters. The quantitative estimate of drug-likeness (QED) is 0.160. The van der Waals surface area contributed by atoms with Gasteiger partial charge in [-0.15, -0.1) is 0 Å². The summed E-state index contributed by atoms with van der Waals surface area (Å²) in [5.41, 5.74) is 5.98. The fourth-order valence-corrected chi connectivity index (χ4v) is 8.83. The fourth-order valence-electron chi connectivity index (χ4n) is 8.83. The first-order valence-electron chi connectivity index (χ1n) is 22.3. The Morgan fingerprint density at radius 1 is 0.426 bits per heavy atom. The van der Waals surface area contributed by atoms with Gasteiger partial charge >= 0.3 is 0 Å². The van der Waals surface area contributed by atoms with Gasteiger partial charge in [-0.05, 0) is 104 Å². The van der Waals surface area contributed by atoms with Crippen LogP contribution in [0.15, 0.2) is 176 Å². The third-order valence-electron chi connectivity index (χ3n) is 11.3. The number of para-hydroxylation sites is 2. The average molecular weight is 795 g/mol. The minimum absolute atomic E-state index is 0.141. The fraction of sp³-hybridized carbons (Fsp3) is 0.0385. The number of aryl methyl sites for hydroxylation is 2. The molecular weight excluding hydrogens is 755 g/mol. The molecule has 0 aliphatic carbocycles. The van der Waals surface area contributed by atoms with E-state index in [9.17, 15) is 0 Å². The van der Waals surface area contributed by atoms with E-state index in [2.05, 4.69) is 43.6 Å². The van der Waals surface area contributed by atoms with Crippen molar-refractivity contribution in [3.63, 3.8) is 0 Å². The zero-order valence-electron chi connectivity index (χ0n) is 37.5. The minimum atomic E-state index is -2.48. The lowest BCUT2D eigenvalue weighted by Crippen LogP contribution is -2.00. The molecule has 6 heterocycles. The SMILES string of the molecule is [2H]c1ccnc(-n2c3ccccc3c3c(C)cc(Oc4ccc5c6ccc(Oc7cc(C([2H])([2H])[2H])c8c9ccccc9n(-c9cc([2H])ccn9)c8c7)cc6n(-c6ncccn6)c5c4)cc32)c1. The van der Waals surface area contributed by atoms with Gasteiger partial charge in [0.1, 0.15) is 34.6 Å². The Morgan fingerprint density at radius 3 is 1.46 bits per heavy atom. The standard InChI is InChI=1S/C52H35N7O2/c1-32-26-36(30-46-50(32)40-12-3-5-14-42(40)57(46)48-16-7-9-22-53-48)60-34-18-20-38-39-21-19-35(29-45(39)59(44(38)28-34)52-55-24-11-25-56-52)61-37-27-33(2)51-41-13-4-6-15-43(41)58(47(51)31-37)49-17-8-10-23-54-49/h3-31H,1-2H3/i1D3,7D,8D. The number of rotatable bonds is 7. The van der Waals surface area contributed by atoms with E-state index in [1.54, 1.807) is 61.2 Å². The first-order chi connectivity index (χ1) is 32.1. The molecule has 61 heavy (non-hydrogen) atoms. The molecule has 9 nitrogen and oxygen atoms in total. The second-order valence-corrected chi connectivity index (χ2v) is 14.9. The van der Waals surface area contributed by atoms with Crippen LogP contribution in [0.2, 0.25) is 0 Å². The predicted octanol–water partition coefficient (Wildman–Crippen LogP) is 12.8. The highest BCUT2D eigenvalue weighted by atomic mass is 16.5. The van der Waals surface area contributed by atoms with Crippen LogP contribution in [-0.4, -0.2) is 33.6 Å². The van der Waals surface area contributed by atoms with Crippen LogP contribution in [0.5, 0.6) is 23.0 Å². The summed E-state index contributed by atoms with van der Waals surface area (Å²) < 4.78 is 61.8. The van der Waals surface area contributed by atoms with Crippen molar-refractivity contribution in [3.8, 4) is 40.6 Å². The number of ether oxygens (including phenoxy) is 2. The van der Waals surface area contributed by atoms with Gasteiger partial charge < -0.3 is 9.47 Å². The summed E-state index contributed by atoms with van der Waals surface area (Å²) in [5, 5.41) is 5.34. The largest absolute Gasteiger partial charge is 0.457 e. The topological polar surface area (TPSA) is 84.8 Å². The summed E-state index contributed by atoms with van der Waals surface area (Å²) in [6.07, 6.45) is 6.61. The van der Waals surface area contributed by atoms with Gasteiger partial charge in [0.05, 0.1) is 35.8 Å². The maximum atomic E-state index is 8.64. The van der Waals surface area contributed by atoms with E-state index < -0.39 is 6.85 Å². The maximum absolute atomic E-state index is 8.64. The van der Waals surface area contributed by atoms with Gasteiger partial charge in [-0.2, -0.15) is 0 Å². The van der Waals surface area contributed by atoms with Crippen molar-refractivity contribution >= 4 is 65.4 Å². The molecule has 0 radical (unpaired) electrons. The van der Waals surface area contributed by atoms with E-state index in [1.807, 2.05) is 100 Å². The molecule has 0 amide bonds. The highest BCUT2D eigenvalue weighted by Gasteiger charge is 2.20. The van der Waals surface area contributed by atoms with Crippen molar-refractivity contribution < 1.29 is 16.3 Å². The predicted molar refractivity (Wildman–Crippen MR) is 243 cm³/mol. The molecule has 0 bridgehead atoms. The molecule has 6 aromatic carbocycles. The molecule has 0 saturated heterocycles. The molecule has 0 unspecified atom stereocenters. The van der Waals surface area contributed by atoms with E-state index in [0.717, 1.165) is 60.1 Å². The van der Waals surface area contributed by atoms with Crippen LogP contribution in [-0.2, 0) is 0 Å². The molecular formula is C52H35N7O2. The van der Waals surface area contributed by atoms with Crippen LogP contribution in [0.4, 0.5) is 0 Å². The zero-order valence-corrected chi connectivity index (χ0v) is 32.5. The zero-order chi connectivity index (χ0) is 44.8. The molecule has 290 valence electrons. The molecule has 0 spiro atoms. The smallest absolute Gasteiger partial charge is 0.234 e. The van der Waals surface area contributed by atoms with Crippen molar-refractivity contribution in [3.05, 3.63) is 188 Å². The van der Waals surface area contributed by atoms with Crippen LogP contribution in [0.1, 0.15) is 18.0 Å². The molecule has 0 aliphatic rings. The van der Waals surface area contributed by atoms with Gasteiger partial charge in [-0.1, -0.05) is 48.5 Å². The molecule has 0 saturated carbocycles. The van der Waals surface area contributed by atoms with E-state index in [0.29, 0.717) is 57.5 Å². The third-order valence-corrected chi connectivity index (χ3v) is 11.3. The van der Waals surface area contributed by atoms with Gasteiger partial charge in [0.25, 0.3) is 0 Å². The highest BCUT2D eigenvalue weighted by molar-refractivity contribution is 6.13. The number of pyridine rings is 2. The molecule has 12 aromatic rings. The molecule has 0 fully saturated rings. The van der Waals surface area contributed by atoms with Crippen molar-refractivity contribution in [1.82, 2.24) is 33.6 Å². The first-order valence-corrected chi connectivity index (χ1v) is 19.8. The van der Waals surface area contributed by atoms with Crippen LogP contribution < -0.4 is 9.47 Å². The summed E-state index contributed by atoms with van der Waals surface area (Å²) in [6.45, 7) is -0.406. The number of fused-ring (bicyclic) bond motifs is 9. The Bertz CT molecular complexity index is 3930. The highest BCUT2D eigenvalue weighted by Crippen LogP contribution is 2.41. The maximum Gasteiger partial charge on any atom is 0.234 e. The van der Waals surface area contributed by atoms with Gasteiger partial charge in [-0.3, -0.25) is 13.7 Å². The lowest BCUT2D eigenvalue weighted by molar-refractivity contribution is 0.483. The Labute approximate surface area is 356 Å². The monoisotopic (exact) mass is 794 g/mol. The normalized spacial score (nSPS) is 13.2. The third kappa shape index (κ3) is 5.55. The minimum Gasteiger partial charge on any atom is -0.457 e. The van der Waals surface area contributed by atoms with Crippen molar-refractivity contribution in [1.29, 1.82) is 0 Å². The van der Waals surface area contributed by atoms with E-state index in [4.69, 9.17) is 16.3 Å². The lowest BCUT2D eigenvalue weighted by Gasteiger charge is -2.11. The van der Waals surface area contributed by atoms with Gasteiger partial charge in [0.2, 0.25) is 5.95 Å². The van der Waals surface area contributed by atoms with E-state index in [1.165, 1.54) is 0 Å². The average Bonchev–Trinajstić information content (AvgIpc) is 3.94. The Morgan fingerprint density at radius 2 is 0.918 bits per heavy atom. The summed E-state index contributed by atoms with van der Waals surface area (Å²) in [6, 6.07) is 44.1. The van der Waals surface area contributed by atoms with Gasteiger partial charge in [-0.25, -0.2) is 19.9 Å². The van der Waals surface area contributed by atoms with Crippen LogP contribution in [0.25, 0.3) is 83.0 Å². The number of aromatic nitrogens is 7. The second kappa shape index (κ2) is 13.6. The van der Waals surface area contributed by atoms with Gasteiger partial charge in [0.15, 0.2) is 0 Å². The Hall–Kier alpha value is -8.30. The Balaban J connectivity index is 0.986. The molecule has 0 N–H and O–H groups in total. The number of benzene rings is 6. The van der Waals surface area contributed by atoms with Gasteiger partial charge in [0, 0.05) is 85.5 Å². The number of hydrogen-bond donors (Lipinski definition) is 0. The van der Waals surface area contributed by atoms with E-state index >= 15 is 0 Å². The molecule has 12 rings (SSSR count). The number of nitrogens with zero attached hydrogens (tertiary/aromatic N) is 7. The van der Waals surface area contributed by atoms with Crippen LogP contribution in [0.3, 0.4) is 0 Å². The second-order valence-electron chi connectivity index (χ2n) is 14.9. The Kier molecular flexibility index (Phi) is 6.67. The summed E-state index contributed by atoms with van der Waals surface area (Å²) in [5.74, 6) is 3.60. The van der Waals surface area contributed by atoms with Crippen molar-refractivity contribution in [2.45, 2.75) is 13.8 Å². The summed E-state index contributed by atoms with van der Waals surface area (Å²) >= 11 is 0.